The van der Waals surface area contributed by atoms with Crippen molar-refractivity contribution in [1.29, 1.82) is 0 Å². The molecule has 0 saturated carbocycles. The molecule has 1 aromatic carbocycles. The number of primary sulfonamides is 1. The Labute approximate surface area is 138 Å². The fourth-order valence-electron chi connectivity index (χ4n) is 2.82. The van der Waals surface area contributed by atoms with Crippen LogP contribution in [-0.2, 0) is 19.9 Å². The average Bonchev–Trinajstić information content (AvgIpc) is 2.44. The zero-order valence-corrected chi connectivity index (χ0v) is 14.2. The summed E-state index contributed by atoms with van der Waals surface area (Å²) in [6.45, 7) is 0.465. The van der Waals surface area contributed by atoms with Crippen LogP contribution >= 0.6 is 0 Å². The molecular formula is C13H17F3N2O4S2. The number of alkyl halides is 3. The maximum Gasteiger partial charge on any atom is 0.501 e. The molecule has 0 radical (unpaired) electrons. The highest BCUT2D eigenvalue weighted by atomic mass is 32.2. The molecule has 24 heavy (non-hydrogen) atoms. The van der Waals surface area contributed by atoms with Gasteiger partial charge in [0.2, 0.25) is 10.0 Å². The van der Waals surface area contributed by atoms with Crippen LogP contribution in [0.3, 0.4) is 0 Å². The average molecular weight is 386 g/mol. The second-order valence-corrected chi connectivity index (χ2v) is 9.27. The number of sulfonamides is 1. The Kier molecular flexibility index (Phi) is 5.17. The molecule has 1 unspecified atom stereocenters. The summed E-state index contributed by atoms with van der Waals surface area (Å²) in [6, 6.07) is 4.85. The summed E-state index contributed by atoms with van der Waals surface area (Å²) in [6.07, 6.45) is 1.09. The second-order valence-electron chi connectivity index (χ2n) is 5.70. The van der Waals surface area contributed by atoms with Crippen LogP contribution in [0.25, 0.3) is 0 Å². The van der Waals surface area contributed by atoms with E-state index < -0.39 is 30.3 Å². The summed E-state index contributed by atoms with van der Waals surface area (Å²) in [5.41, 5.74) is -5.48. The Morgan fingerprint density at radius 1 is 1.17 bits per heavy atom. The minimum atomic E-state index is -5.49. The quantitative estimate of drug-likeness (QED) is 0.845. The van der Waals surface area contributed by atoms with Gasteiger partial charge in [0.05, 0.1) is 16.3 Å². The summed E-state index contributed by atoms with van der Waals surface area (Å²) in [5, 5.41) is 5.02. The van der Waals surface area contributed by atoms with Crippen LogP contribution < -0.4 is 10.0 Å². The lowest BCUT2D eigenvalue weighted by Crippen LogP contribution is -2.40. The third kappa shape index (κ3) is 4.19. The van der Waals surface area contributed by atoms with Crippen LogP contribution in [0, 0.1) is 5.92 Å². The molecule has 0 aromatic heterocycles. The van der Waals surface area contributed by atoms with Crippen LogP contribution in [0.4, 0.5) is 18.9 Å². The minimum Gasteiger partial charge on any atom is -0.370 e. The fraction of sp³-hybridized carbons (Fsp3) is 0.538. The first-order valence-corrected chi connectivity index (χ1v) is 10.3. The summed E-state index contributed by atoms with van der Waals surface area (Å²) in [4.78, 5) is 0.645. The molecule has 1 heterocycles. The number of hydrogen-bond acceptors (Lipinski definition) is 5. The Hall–Kier alpha value is -1.33. The van der Waals surface area contributed by atoms with Gasteiger partial charge in [-0.2, -0.15) is 13.2 Å². The van der Waals surface area contributed by atoms with Crippen LogP contribution in [-0.4, -0.2) is 41.2 Å². The van der Waals surface area contributed by atoms with E-state index in [1.165, 1.54) is 23.1 Å². The monoisotopic (exact) mass is 386 g/mol. The van der Waals surface area contributed by atoms with Crippen LogP contribution in [0.5, 0.6) is 0 Å². The maximum absolute atomic E-state index is 12.9. The van der Waals surface area contributed by atoms with Gasteiger partial charge >= 0.3 is 5.51 Å². The van der Waals surface area contributed by atoms with Crippen molar-refractivity contribution in [2.75, 3.05) is 23.7 Å². The van der Waals surface area contributed by atoms with Crippen molar-refractivity contribution in [2.45, 2.75) is 23.2 Å². The molecule has 1 fully saturated rings. The predicted molar refractivity (Wildman–Crippen MR) is 82.6 cm³/mol. The second kappa shape index (κ2) is 6.52. The predicted octanol–water partition coefficient (Wildman–Crippen LogP) is 1.48. The van der Waals surface area contributed by atoms with Crippen molar-refractivity contribution in [2.24, 2.45) is 11.1 Å². The van der Waals surface area contributed by atoms with Crippen molar-refractivity contribution in [3.63, 3.8) is 0 Å². The van der Waals surface area contributed by atoms with Gasteiger partial charge in [-0.3, -0.25) is 0 Å². The van der Waals surface area contributed by atoms with Crippen molar-refractivity contribution >= 4 is 25.5 Å². The van der Waals surface area contributed by atoms with Crippen LogP contribution in [0.2, 0.25) is 0 Å². The summed E-state index contributed by atoms with van der Waals surface area (Å²) in [7, 11) is -9.21. The first-order chi connectivity index (χ1) is 10.9. The molecule has 1 aliphatic rings. The molecule has 0 bridgehead atoms. The topological polar surface area (TPSA) is 97.5 Å². The molecule has 1 aromatic rings. The summed E-state index contributed by atoms with van der Waals surface area (Å²) >= 11 is 0. The molecular weight excluding hydrogens is 369 g/mol. The lowest BCUT2D eigenvalue weighted by atomic mass is 9.99. The van der Waals surface area contributed by atoms with Gasteiger partial charge in [-0.1, -0.05) is 12.1 Å². The van der Waals surface area contributed by atoms with Gasteiger partial charge in [0.25, 0.3) is 9.84 Å². The van der Waals surface area contributed by atoms with E-state index in [0.717, 1.165) is 6.07 Å². The number of piperidine rings is 1. The van der Waals surface area contributed by atoms with E-state index in [1.54, 1.807) is 0 Å². The Morgan fingerprint density at radius 3 is 2.38 bits per heavy atom. The van der Waals surface area contributed by atoms with Crippen molar-refractivity contribution in [3.8, 4) is 0 Å². The molecule has 0 aliphatic carbocycles. The Bertz CT molecular complexity index is 807. The van der Waals surface area contributed by atoms with Gasteiger partial charge < -0.3 is 4.90 Å². The molecule has 6 nitrogen and oxygen atoms in total. The fourth-order valence-corrected chi connectivity index (χ4v) is 4.73. The molecule has 0 amide bonds. The van der Waals surface area contributed by atoms with E-state index in [1.807, 2.05) is 0 Å². The number of hydrogen-bond donors (Lipinski definition) is 1. The number of para-hydroxylation sites is 1. The number of rotatable bonds is 4. The van der Waals surface area contributed by atoms with Gasteiger partial charge in [0, 0.05) is 13.1 Å². The van der Waals surface area contributed by atoms with Crippen molar-refractivity contribution in [1.82, 2.24) is 0 Å². The zero-order chi connectivity index (χ0) is 18.2. The molecule has 0 spiro atoms. The Balaban J connectivity index is 2.37. The van der Waals surface area contributed by atoms with Gasteiger partial charge in [0.15, 0.2) is 0 Å². The minimum absolute atomic E-state index is 0.0751. The van der Waals surface area contributed by atoms with Crippen molar-refractivity contribution in [3.05, 3.63) is 24.3 Å². The number of benzene rings is 1. The number of nitrogens with zero attached hydrogens (tertiary/aromatic N) is 1. The molecule has 11 heteroatoms. The van der Waals surface area contributed by atoms with Gasteiger partial charge in [0.1, 0.15) is 0 Å². The third-order valence-corrected chi connectivity index (χ3v) is 6.26. The van der Waals surface area contributed by atoms with E-state index in [0.29, 0.717) is 19.4 Å². The lowest BCUT2D eigenvalue weighted by Gasteiger charge is -2.35. The number of halogens is 3. The van der Waals surface area contributed by atoms with Gasteiger partial charge in [-0.05, 0) is 30.9 Å². The van der Waals surface area contributed by atoms with Crippen LogP contribution in [0.1, 0.15) is 12.8 Å². The first-order valence-electron chi connectivity index (χ1n) is 7.07. The highest BCUT2D eigenvalue weighted by Gasteiger charge is 2.48. The van der Waals surface area contributed by atoms with E-state index >= 15 is 0 Å². The highest BCUT2D eigenvalue weighted by molar-refractivity contribution is 7.92. The SMILES string of the molecule is NS(=O)(=O)CC1CCCN(c2ccccc2S(=O)(=O)C(F)(F)F)C1. The summed E-state index contributed by atoms with van der Waals surface area (Å²) in [5.74, 6) is -0.659. The molecule has 2 N–H and O–H groups in total. The molecule has 2 rings (SSSR count). The lowest BCUT2D eigenvalue weighted by molar-refractivity contribution is -0.0435. The number of sulfone groups is 1. The molecule has 1 atom stereocenters. The first kappa shape index (κ1) is 19.0. The zero-order valence-electron chi connectivity index (χ0n) is 12.5. The molecule has 1 saturated heterocycles. The van der Waals surface area contributed by atoms with Gasteiger partial charge in [-0.25, -0.2) is 22.0 Å². The van der Waals surface area contributed by atoms with Crippen LogP contribution in [0.15, 0.2) is 29.2 Å². The highest BCUT2D eigenvalue weighted by Crippen LogP contribution is 2.37. The smallest absolute Gasteiger partial charge is 0.370 e. The standard InChI is InChI=1S/C13H17F3N2O4S2/c14-13(15,16)24(21,22)12-6-2-1-5-11(12)18-7-3-4-10(8-18)9-23(17,19)20/h1-2,5-6,10H,3-4,7-9H2,(H2,17,19,20). The largest absolute Gasteiger partial charge is 0.501 e. The van der Waals surface area contributed by atoms with Crippen molar-refractivity contribution < 1.29 is 30.0 Å². The third-order valence-electron chi connectivity index (χ3n) is 3.79. The Morgan fingerprint density at radius 2 is 1.79 bits per heavy atom. The van der Waals surface area contributed by atoms with E-state index in [9.17, 15) is 30.0 Å². The normalized spacial score (nSPS) is 20.2. The molecule has 1 aliphatic heterocycles. The summed E-state index contributed by atoms with van der Waals surface area (Å²) < 4.78 is 84.5. The van der Waals surface area contributed by atoms with E-state index in [4.69, 9.17) is 5.14 Å². The molecule has 136 valence electrons. The van der Waals surface area contributed by atoms with Gasteiger partial charge in [-0.15, -0.1) is 0 Å². The number of anilines is 1. The van der Waals surface area contributed by atoms with E-state index in [-0.39, 0.29) is 23.9 Å². The number of nitrogens with two attached hydrogens (primary N) is 1. The van der Waals surface area contributed by atoms with E-state index in [2.05, 4.69) is 0 Å². The maximum atomic E-state index is 12.9.